The quantitative estimate of drug-likeness (QED) is 0.572. The summed E-state index contributed by atoms with van der Waals surface area (Å²) in [5, 5.41) is 0. The Balaban J connectivity index is 1.61. The molecule has 0 aliphatic heterocycles. The van der Waals surface area contributed by atoms with Gasteiger partial charge in [-0.1, -0.05) is 12.1 Å². The summed E-state index contributed by atoms with van der Waals surface area (Å²) in [7, 11) is 0. The standard InChI is InChI=1S/C18H13FN4O/c1-12-11-23-7-6-13(8-17(23)22-12)14-9-20-18(21-10-14)24-16-5-3-2-4-15(16)19/h2-11H,1H3. The number of rotatable bonds is 3. The van der Waals surface area contributed by atoms with Gasteiger partial charge in [0.2, 0.25) is 0 Å². The first-order chi connectivity index (χ1) is 11.7. The number of para-hydroxylation sites is 1. The maximum atomic E-state index is 13.6. The van der Waals surface area contributed by atoms with Crippen LogP contribution < -0.4 is 4.74 Å². The fourth-order valence-electron chi connectivity index (χ4n) is 2.43. The Hall–Kier alpha value is -3.28. The molecule has 24 heavy (non-hydrogen) atoms. The average Bonchev–Trinajstić information content (AvgIpc) is 2.97. The normalized spacial score (nSPS) is 10.9. The minimum absolute atomic E-state index is 0.0968. The molecule has 0 atom stereocenters. The molecule has 3 heterocycles. The highest BCUT2D eigenvalue weighted by molar-refractivity contribution is 5.66. The van der Waals surface area contributed by atoms with Crippen molar-refractivity contribution in [2.75, 3.05) is 0 Å². The van der Waals surface area contributed by atoms with E-state index in [1.807, 2.05) is 35.9 Å². The molecule has 1 aromatic carbocycles. The van der Waals surface area contributed by atoms with Gasteiger partial charge >= 0.3 is 6.01 Å². The summed E-state index contributed by atoms with van der Waals surface area (Å²) >= 11 is 0. The van der Waals surface area contributed by atoms with Crippen molar-refractivity contribution in [1.29, 1.82) is 0 Å². The van der Waals surface area contributed by atoms with Crippen LogP contribution in [0.4, 0.5) is 4.39 Å². The van der Waals surface area contributed by atoms with Crippen molar-refractivity contribution >= 4 is 5.65 Å². The molecule has 0 saturated carbocycles. The van der Waals surface area contributed by atoms with Crippen LogP contribution in [-0.4, -0.2) is 19.4 Å². The predicted molar refractivity (Wildman–Crippen MR) is 87.4 cm³/mol. The van der Waals surface area contributed by atoms with E-state index < -0.39 is 5.82 Å². The highest BCUT2D eigenvalue weighted by Gasteiger charge is 2.07. The van der Waals surface area contributed by atoms with E-state index >= 15 is 0 Å². The SMILES string of the molecule is Cc1cn2ccc(-c3cnc(Oc4ccccc4F)nc3)cc2n1. The van der Waals surface area contributed by atoms with Crippen LogP contribution in [0.2, 0.25) is 0 Å². The molecule has 0 amide bonds. The van der Waals surface area contributed by atoms with Crippen molar-refractivity contribution < 1.29 is 9.13 Å². The summed E-state index contributed by atoms with van der Waals surface area (Å²) in [6.07, 6.45) is 7.19. The summed E-state index contributed by atoms with van der Waals surface area (Å²) in [6, 6.07) is 10.2. The van der Waals surface area contributed by atoms with Crippen molar-refractivity contribution in [3.8, 4) is 22.9 Å². The van der Waals surface area contributed by atoms with Crippen LogP contribution in [0, 0.1) is 12.7 Å². The van der Waals surface area contributed by atoms with Gasteiger partial charge in [-0.15, -0.1) is 0 Å². The van der Waals surface area contributed by atoms with Crippen LogP contribution in [0.1, 0.15) is 5.69 Å². The number of hydrogen-bond donors (Lipinski definition) is 0. The first kappa shape index (κ1) is 14.3. The number of halogens is 1. The minimum Gasteiger partial charge on any atom is -0.421 e. The van der Waals surface area contributed by atoms with Gasteiger partial charge in [0.1, 0.15) is 5.65 Å². The third kappa shape index (κ3) is 2.69. The number of aromatic nitrogens is 4. The zero-order valence-corrected chi connectivity index (χ0v) is 12.8. The Morgan fingerprint density at radius 1 is 1.04 bits per heavy atom. The van der Waals surface area contributed by atoms with E-state index in [0.29, 0.717) is 0 Å². The van der Waals surface area contributed by atoms with Crippen LogP contribution in [0.3, 0.4) is 0 Å². The number of benzene rings is 1. The first-order valence-electron chi connectivity index (χ1n) is 7.39. The number of imidazole rings is 1. The lowest BCUT2D eigenvalue weighted by molar-refractivity contribution is 0.411. The second kappa shape index (κ2) is 5.73. The molecule has 6 heteroatoms. The molecule has 0 unspecified atom stereocenters. The molecule has 0 bridgehead atoms. The largest absolute Gasteiger partial charge is 0.421 e. The van der Waals surface area contributed by atoms with Crippen molar-refractivity contribution in [1.82, 2.24) is 19.4 Å². The topological polar surface area (TPSA) is 52.3 Å². The van der Waals surface area contributed by atoms with Crippen molar-refractivity contribution in [2.24, 2.45) is 0 Å². The van der Waals surface area contributed by atoms with Crippen LogP contribution >= 0.6 is 0 Å². The van der Waals surface area contributed by atoms with Gasteiger partial charge in [-0.25, -0.2) is 19.3 Å². The summed E-state index contributed by atoms with van der Waals surface area (Å²) in [5.41, 5.74) is 3.60. The lowest BCUT2D eigenvalue weighted by atomic mass is 10.1. The third-order valence-corrected chi connectivity index (χ3v) is 3.58. The Labute approximate surface area is 137 Å². The Morgan fingerprint density at radius 3 is 2.62 bits per heavy atom. The molecule has 0 fully saturated rings. The zero-order valence-electron chi connectivity index (χ0n) is 12.8. The Kier molecular flexibility index (Phi) is 3.42. The fraction of sp³-hybridized carbons (Fsp3) is 0.0556. The first-order valence-corrected chi connectivity index (χ1v) is 7.39. The Morgan fingerprint density at radius 2 is 1.83 bits per heavy atom. The lowest BCUT2D eigenvalue weighted by Crippen LogP contribution is -1.94. The monoisotopic (exact) mass is 320 g/mol. The second-order valence-corrected chi connectivity index (χ2v) is 5.35. The molecule has 0 spiro atoms. The van der Waals surface area contributed by atoms with Gasteiger partial charge in [0, 0.05) is 30.4 Å². The summed E-state index contributed by atoms with van der Waals surface area (Å²) in [5.74, 6) is -0.357. The number of hydrogen-bond acceptors (Lipinski definition) is 4. The van der Waals surface area contributed by atoms with E-state index in [0.717, 1.165) is 22.5 Å². The van der Waals surface area contributed by atoms with Gasteiger partial charge in [-0.2, -0.15) is 0 Å². The van der Waals surface area contributed by atoms with Crippen molar-refractivity contribution in [2.45, 2.75) is 6.92 Å². The predicted octanol–water partition coefficient (Wildman–Crippen LogP) is 4.03. The van der Waals surface area contributed by atoms with E-state index in [9.17, 15) is 4.39 Å². The van der Waals surface area contributed by atoms with Crippen LogP contribution in [0.15, 0.2) is 61.2 Å². The van der Waals surface area contributed by atoms with Crippen molar-refractivity contribution in [3.63, 3.8) is 0 Å². The molecular weight excluding hydrogens is 307 g/mol. The molecule has 3 aromatic heterocycles. The van der Waals surface area contributed by atoms with Gasteiger partial charge in [0.25, 0.3) is 0 Å². The molecular formula is C18H13FN4O. The molecule has 4 rings (SSSR count). The number of nitrogens with zero attached hydrogens (tertiary/aromatic N) is 4. The van der Waals surface area contributed by atoms with E-state index in [4.69, 9.17) is 4.74 Å². The molecule has 5 nitrogen and oxygen atoms in total. The average molecular weight is 320 g/mol. The number of ether oxygens (including phenoxy) is 1. The van der Waals surface area contributed by atoms with Crippen molar-refractivity contribution in [3.05, 3.63) is 72.7 Å². The molecule has 0 N–H and O–H groups in total. The zero-order chi connectivity index (χ0) is 16.5. The smallest absolute Gasteiger partial charge is 0.321 e. The highest BCUT2D eigenvalue weighted by atomic mass is 19.1. The third-order valence-electron chi connectivity index (χ3n) is 3.58. The maximum absolute atomic E-state index is 13.6. The van der Waals surface area contributed by atoms with E-state index in [1.165, 1.54) is 12.1 Å². The van der Waals surface area contributed by atoms with Crippen LogP contribution in [0.5, 0.6) is 11.8 Å². The summed E-state index contributed by atoms with van der Waals surface area (Å²) in [6.45, 7) is 1.95. The minimum atomic E-state index is -0.453. The van der Waals surface area contributed by atoms with Crippen LogP contribution in [0.25, 0.3) is 16.8 Å². The van der Waals surface area contributed by atoms with Gasteiger partial charge < -0.3 is 9.14 Å². The molecule has 0 radical (unpaired) electrons. The summed E-state index contributed by atoms with van der Waals surface area (Å²) < 4.78 is 20.9. The lowest BCUT2D eigenvalue weighted by Gasteiger charge is -2.06. The van der Waals surface area contributed by atoms with Gasteiger partial charge in [-0.05, 0) is 36.8 Å². The molecule has 0 aliphatic rings. The molecule has 0 aliphatic carbocycles. The second-order valence-electron chi connectivity index (χ2n) is 5.35. The molecule has 0 saturated heterocycles. The number of fused-ring (bicyclic) bond motifs is 1. The summed E-state index contributed by atoms with van der Waals surface area (Å²) in [4.78, 5) is 12.7. The van der Waals surface area contributed by atoms with E-state index in [-0.39, 0.29) is 11.8 Å². The van der Waals surface area contributed by atoms with Gasteiger partial charge in [-0.3, -0.25) is 0 Å². The fourth-order valence-corrected chi connectivity index (χ4v) is 2.43. The molecule has 118 valence electrons. The van der Waals surface area contributed by atoms with E-state index in [2.05, 4.69) is 15.0 Å². The Bertz CT molecular complexity index is 1010. The number of pyridine rings is 1. The van der Waals surface area contributed by atoms with Gasteiger partial charge in [0.05, 0.1) is 5.69 Å². The molecule has 4 aromatic rings. The number of aryl methyl sites for hydroxylation is 1. The van der Waals surface area contributed by atoms with Gasteiger partial charge in [0.15, 0.2) is 11.6 Å². The highest BCUT2D eigenvalue weighted by Crippen LogP contribution is 2.23. The van der Waals surface area contributed by atoms with Crippen LogP contribution in [-0.2, 0) is 0 Å². The maximum Gasteiger partial charge on any atom is 0.321 e. The van der Waals surface area contributed by atoms with E-state index in [1.54, 1.807) is 24.5 Å².